The van der Waals surface area contributed by atoms with Crippen molar-refractivity contribution >= 4 is 26.0 Å². The minimum absolute atomic E-state index is 0.00172. The van der Waals surface area contributed by atoms with Crippen LogP contribution < -0.4 is 4.72 Å². The predicted octanol–water partition coefficient (Wildman–Crippen LogP) is 1.90. The summed E-state index contributed by atoms with van der Waals surface area (Å²) in [6.45, 7) is 1.94. The van der Waals surface area contributed by atoms with E-state index < -0.39 is 15.8 Å². The highest BCUT2D eigenvalue weighted by Gasteiger charge is 2.20. The molecule has 7 heteroatoms. The van der Waals surface area contributed by atoms with Gasteiger partial charge in [-0.2, -0.15) is 0 Å². The van der Waals surface area contributed by atoms with Gasteiger partial charge < -0.3 is 4.74 Å². The van der Waals surface area contributed by atoms with Gasteiger partial charge >= 0.3 is 0 Å². The largest absolute Gasteiger partial charge is 0.383 e. The standard InChI is InChI=1S/C10H13BrFNO3S/c1-7(6-16-2)13-17(14,15)10-4-3-8(12)5-9(10)11/h3-5,7,13H,6H2,1-2H3. The number of benzene rings is 1. The summed E-state index contributed by atoms with van der Waals surface area (Å²) in [5.41, 5.74) is 0. The van der Waals surface area contributed by atoms with Crippen molar-refractivity contribution in [2.24, 2.45) is 0 Å². The summed E-state index contributed by atoms with van der Waals surface area (Å²) >= 11 is 3.02. The maximum absolute atomic E-state index is 12.9. The zero-order valence-corrected chi connectivity index (χ0v) is 11.8. The lowest BCUT2D eigenvalue weighted by molar-refractivity contribution is 0.180. The molecule has 0 aromatic heterocycles. The zero-order valence-electron chi connectivity index (χ0n) is 9.41. The topological polar surface area (TPSA) is 55.4 Å². The van der Waals surface area contributed by atoms with E-state index in [2.05, 4.69) is 20.7 Å². The first-order valence-corrected chi connectivity index (χ1v) is 7.10. The molecule has 1 rings (SSSR count). The second-order valence-electron chi connectivity index (χ2n) is 3.55. The summed E-state index contributed by atoms with van der Waals surface area (Å²) < 4.78 is 44.2. The van der Waals surface area contributed by atoms with E-state index in [-0.39, 0.29) is 22.0 Å². The van der Waals surface area contributed by atoms with Gasteiger partial charge in [-0.1, -0.05) is 0 Å². The fraction of sp³-hybridized carbons (Fsp3) is 0.400. The molecule has 0 aliphatic heterocycles. The maximum Gasteiger partial charge on any atom is 0.242 e. The van der Waals surface area contributed by atoms with Gasteiger partial charge in [0.25, 0.3) is 0 Å². The highest BCUT2D eigenvalue weighted by Crippen LogP contribution is 2.22. The third kappa shape index (κ3) is 4.02. The number of nitrogens with one attached hydrogen (secondary N) is 1. The van der Waals surface area contributed by atoms with Crippen LogP contribution >= 0.6 is 15.9 Å². The quantitative estimate of drug-likeness (QED) is 0.899. The average molecular weight is 326 g/mol. The number of sulfonamides is 1. The second-order valence-corrected chi connectivity index (χ2v) is 6.09. The molecule has 17 heavy (non-hydrogen) atoms. The van der Waals surface area contributed by atoms with E-state index >= 15 is 0 Å². The molecule has 0 spiro atoms. The molecule has 96 valence electrons. The first kappa shape index (κ1) is 14.6. The first-order chi connectivity index (χ1) is 7.86. The van der Waals surface area contributed by atoms with Crippen LogP contribution in [-0.2, 0) is 14.8 Å². The van der Waals surface area contributed by atoms with Crippen LogP contribution in [0.5, 0.6) is 0 Å². The second kappa shape index (κ2) is 5.90. The van der Waals surface area contributed by atoms with Crippen molar-refractivity contribution in [3.63, 3.8) is 0 Å². The molecule has 0 heterocycles. The summed E-state index contributed by atoms with van der Waals surface area (Å²) in [5, 5.41) is 0. The Morgan fingerprint density at radius 1 is 1.53 bits per heavy atom. The Morgan fingerprint density at radius 3 is 2.71 bits per heavy atom. The van der Waals surface area contributed by atoms with Crippen molar-refractivity contribution < 1.29 is 17.5 Å². The van der Waals surface area contributed by atoms with E-state index in [9.17, 15) is 12.8 Å². The molecule has 0 bridgehead atoms. The van der Waals surface area contributed by atoms with E-state index in [1.54, 1.807) is 6.92 Å². The number of methoxy groups -OCH3 is 1. The van der Waals surface area contributed by atoms with Crippen LogP contribution in [0.3, 0.4) is 0 Å². The van der Waals surface area contributed by atoms with E-state index in [0.717, 1.165) is 12.1 Å². The zero-order chi connectivity index (χ0) is 13.1. The molecule has 0 saturated heterocycles. The monoisotopic (exact) mass is 325 g/mol. The summed E-state index contributed by atoms with van der Waals surface area (Å²) in [7, 11) is -2.19. The average Bonchev–Trinajstić information content (AvgIpc) is 2.15. The molecule has 0 aliphatic carbocycles. The smallest absolute Gasteiger partial charge is 0.242 e. The van der Waals surface area contributed by atoms with Crippen molar-refractivity contribution in [2.75, 3.05) is 13.7 Å². The molecule has 4 nitrogen and oxygen atoms in total. The van der Waals surface area contributed by atoms with Crippen LogP contribution in [0.15, 0.2) is 27.6 Å². The molecule has 0 aliphatic rings. The minimum atomic E-state index is -3.67. The van der Waals surface area contributed by atoms with Crippen LogP contribution in [0.25, 0.3) is 0 Å². The lowest BCUT2D eigenvalue weighted by atomic mass is 10.3. The summed E-state index contributed by atoms with van der Waals surface area (Å²) in [5.74, 6) is -0.499. The van der Waals surface area contributed by atoms with Gasteiger partial charge in [-0.15, -0.1) is 0 Å². The summed E-state index contributed by atoms with van der Waals surface area (Å²) in [6, 6.07) is 3.05. The fourth-order valence-electron chi connectivity index (χ4n) is 1.31. The van der Waals surface area contributed by atoms with E-state index in [1.807, 2.05) is 0 Å². The Morgan fingerprint density at radius 2 is 2.18 bits per heavy atom. The summed E-state index contributed by atoms with van der Waals surface area (Å²) in [4.78, 5) is 0.00172. The molecule has 1 aromatic carbocycles. The molecular weight excluding hydrogens is 313 g/mol. The van der Waals surface area contributed by atoms with Gasteiger partial charge in [0.05, 0.1) is 11.5 Å². The van der Waals surface area contributed by atoms with Crippen molar-refractivity contribution in [1.82, 2.24) is 4.72 Å². The SMILES string of the molecule is COCC(C)NS(=O)(=O)c1ccc(F)cc1Br. The molecule has 1 aromatic rings. The highest BCUT2D eigenvalue weighted by atomic mass is 79.9. The third-order valence-electron chi connectivity index (χ3n) is 1.96. The van der Waals surface area contributed by atoms with Gasteiger partial charge in [0.1, 0.15) is 5.82 Å². The molecule has 0 amide bonds. The van der Waals surface area contributed by atoms with Crippen LogP contribution in [0.1, 0.15) is 6.92 Å². The Bertz CT molecular complexity index is 492. The van der Waals surface area contributed by atoms with Gasteiger partial charge in [0.15, 0.2) is 0 Å². The minimum Gasteiger partial charge on any atom is -0.383 e. The Kier molecular flexibility index (Phi) is 5.05. The van der Waals surface area contributed by atoms with Gasteiger partial charge in [0.2, 0.25) is 10.0 Å². The Labute approximate surface area is 108 Å². The van der Waals surface area contributed by atoms with Gasteiger partial charge in [-0.3, -0.25) is 0 Å². The lowest BCUT2D eigenvalue weighted by Crippen LogP contribution is -2.35. The fourth-order valence-corrected chi connectivity index (χ4v) is 3.58. The van der Waals surface area contributed by atoms with Crippen molar-refractivity contribution in [3.8, 4) is 0 Å². The van der Waals surface area contributed by atoms with Crippen LogP contribution in [0.2, 0.25) is 0 Å². The van der Waals surface area contributed by atoms with E-state index in [4.69, 9.17) is 4.74 Å². The number of halogens is 2. The van der Waals surface area contributed by atoms with Crippen LogP contribution in [-0.4, -0.2) is 28.2 Å². The van der Waals surface area contributed by atoms with Gasteiger partial charge in [-0.25, -0.2) is 17.5 Å². The maximum atomic E-state index is 12.9. The normalized spacial score (nSPS) is 13.6. The van der Waals surface area contributed by atoms with E-state index in [1.165, 1.54) is 13.2 Å². The van der Waals surface area contributed by atoms with Gasteiger partial charge in [-0.05, 0) is 41.1 Å². The highest BCUT2D eigenvalue weighted by molar-refractivity contribution is 9.10. The Hall–Kier alpha value is -0.500. The number of hydrogen-bond donors (Lipinski definition) is 1. The molecule has 0 saturated carbocycles. The molecule has 1 atom stereocenters. The molecule has 0 fully saturated rings. The number of rotatable bonds is 5. The van der Waals surface area contributed by atoms with Crippen LogP contribution in [0, 0.1) is 5.82 Å². The van der Waals surface area contributed by atoms with E-state index in [0.29, 0.717) is 0 Å². The van der Waals surface area contributed by atoms with Crippen LogP contribution in [0.4, 0.5) is 4.39 Å². The number of ether oxygens (including phenoxy) is 1. The molecule has 1 N–H and O–H groups in total. The summed E-state index contributed by atoms with van der Waals surface area (Å²) in [6.07, 6.45) is 0. The molecular formula is C10H13BrFNO3S. The number of hydrogen-bond acceptors (Lipinski definition) is 3. The Balaban J connectivity index is 2.97. The van der Waals surface area contributed by atoms with Crippen molar-refractivity contribution in [3.05, 3.63) is 28.5 Å². The first-order valence-electron chi connectivity index (χ1n) is 4.83. The van der Waals surface area contributed by atoms with Crippen molar-refractivity contribution in [1.29, 1.82) is 0 Å². The van der Waals surface area contributed by atoms with Gasteiger partial charge in [0, 0.05) is 17.6 Å². The molecule has 1 unspecified atom stereocenters. The molecule has 0 radical (unpaired) electrons. The lowest BCUT2D eigenvalue weighted by Gasteiger charge is -2.14. The third-order valence-corrected chi connectivity index (χ3v) is 4.52. The van der Waals surface area contributed by atoms with Crippen molar-refractivity contribution in [2.45, 2.75) is 17.9 Å². The predicted molar refractivity (Wildman–Crippen MR) is 65.8 cm³/mol.